The third kappa shape index (κ3) is 2.13. The fraction of sp³-hybridized carbons (Fsp3) is 0.267. The van der Waals surface area contributed by atoms with Crippen LogP contribution in [0.15, 0.2) is 42.6 Å². The third-order valence-corrected chi connectivity index (χ3v) is 2.72. The van der Waals surface area contributed by atoms with E-state index < -0.39 is 0 Å². The first-order valence-corrected chi connectivity index (χ1v) is 5.70. The van der Waals surface area contributed by atoms with E-state index >= 15 is 0 Å². The Morgan fingerprint density at radius 3 is 2.38 bits per heavy atom. The molecule has 2 aromatic rings. The highest BCUT2D eigenvalue weighted by molar-refractivity contribution is 5.63. The quantitative estimate of drug-likeness (QED) is 0.726. The van der Waals surface area contributed by atoms with E-state index in [1.54, 1.807) is 0 Å². The van der Waals surface area contributed by atoms with Crippen LogP contribution < -0.4 is 0 Å². The second-order valence-corrected chi connectivity index (χ2v) is 4.47. The van der Waals surface area contributed by atoms with Crippen molar-refractivity contribution in [3.05, 3.63) is 53.7 Å². The normalized spacial score (nSPS) is 10.8. The SMILES string of the molecule is Cc1cnc(-c2ccccc2)c(C(C)C)c1. The number of nitrogens with zero attached hydrogens (tertiary/aromatic N) is 1. The van der Waals surface area contributed by atoms with Gasteiger partial charge in [-0.3, -0.25) is 4.98 Å². The summed E-state index contributed by atoms with van der Waals surface area (Å²) in [6.07, 6.45) is 1.94. The van der Waals surface area contributed by atoms with Crippen molar-refractivity contribution in [1.82, 2.24) is 4.98 Å². The van der Waals surface area contributed by atoms with E-state index in [2.05, 4.69) is 56.1 Å². The molecule has 0 aliphatic rings. The second kappa shape index (κ2) is 4.48. The Balaban J connectivity index is 2.57. The van der Waals surface area contributed by atoms with Crippen LogP contribution in [0, 0.1) is 6.92 Å². The summed E-state index contributed by atoms with van der Waals surface area (Å²) in [6, 6.07) is 12.6. The predicted molar refractivity (Wildman–Crippen MR) is 68.5 cm³/mol. The van der Waals surface area contributed by atoms with Gasteiger partial charge in [-0.25, -0.2) is 0 Å². The molecule has 82 valence electrons. The molecule has 1 aromatic carbocycles. The van der Waals surface area contributed by atoms with E-state index in [-0.39, 0.29) is 0 Å². The fourth-order valence-corrected chi connectivity index (χ4v) is 1.87. The first kappa shape index (κ1) is 10.9. The van der Waals surface area contributed by atoms with E-state index in [4.69, 9.17) is 0 Å². The topological polar surface area (TPSA) is 12.9 Å². The summed E-state index contributed by atoms with van der Waals surface area (Å²) >= 11 is 0. The monoisotopic (exact) mass is 211 g/mol. The Hall–Kier alpha value is -1.63. The Morgan fingerprint density at radius 2 is 1.75 bits per heavy atom. The summed E-state index contributed by atoms with van der Waals surface area (Å²) in [5, 5.41) is 0. The van der Waals surface area contributed by atoms with Gasteiger partial charge >= 0.3 is 0 Å². The van der Waals surface area contributed by atoms with E-state index in [9.17, 15) is 0 Å². The number of hydrogen-bond acceptors (Lipinski definition) is 1. The van der Waals surface area contributed by atoms with E-state index in [0.29, 0.717) is 5.92 Å². The van der Waals surface area contributed by atoms with Crippen LogP contribution in [-0.2, 0) is 0 Å². The molecule has 0 N–H and O–H groups in total. The molecule has 1 aromatic heterocycles. The molecule has 0 saturated carbocycles. The maximum Gasteiger partial charge on any atom is 0.0736 e. The fourth-order valence-electron chi connectivity index (χ4n) is 1.87. The molecule has 0 amide bonds. The lowest BCUT2D eigenvalue weighted by Crippen LogP contribution is -1.96. The molecule has 16 heavy (non-hydrogen) atoms. The largest absolute Gasteiger partial charge is 0.256 e. The number of benzene rings is 1. The van der Waals surface area contributed by atoms with Gasteiger partial charge < -0.3 is 0 Å². The van der Waals surface area contributed by atoms with E-state index in [1.165, 1.54) is 16.7 Å². The second-order valence-electron chi connectivity index (χ2n) is 4.47. The Labute approximate surface area is 97.2 Å². The number of aryl methyl sites for hydroxylation is 1. The van der Waals surface area contributed by atoms with Crippen LogP contribution >= 0.6 is 0 Å². The molecule has 0 aliphatic carbocycles. The predicted octanol–water partition coefficient (Wildman–Crippen LogP) is 4.18. The van der Waals surface area contributed by atoms with E-state index in [0.717, 1.165) is 5.69 Å². The van der Waals surface area contributed by atoms with Crippen molar-refractivity contribution in [2.24, 2.45) is 0 Å². The van der Waals surface area contributed by atoms with Crippen LogP contribution in [0.1, 0.15) is 30.9 Å². The smallest absolute Gasteiger partial charge is 0.0736 e. The summed E-state index contributed by atoms with van der Waals surface area (Å²) in [5.74, 6) is 0.502. The van der Waals surface area contributed by atoms with Gasteiger partial charge in [0.1, 0.15) is 0 Å². The molecule has 0 bridgehead atoms. The lowest BCUT2D eigenvalue weighted by molar-refractivity contribution is 0.859. The van der Waals surface area contributed by atoms with E-state index in [1.807, 2.05) is 12.3 Å². The van der Waals surface area contributed by atoms with Crippen LogP contribution in [0.2, 0.25) is 0 Å². The van der Waals surface area contributed by atoms with Crippen LogP contribution in [0.4, 0.5) is 0 Å². The van der Waals surface area contributed by atoms with Crippen molar-refractivity contribution < 1.29 is 0 Å². The number of hydrogen-bond donors (Lipinski definition) is 0. The van der Waals surface area contributed by atoms with Crippen LogP contribution in [0.5, 0.6) is 0 Å². The molecule has 0 unspecified atom stereocenters. The lowest BCUT2D eigenvalue weighted by Gasteiger charge is -2.12. The highest BCUT2D eigenvalue weighted by atomic mass is 14.7. The van der Waals surface area contributed by atoms with Gasteiger partial charge in [0.25, 0.3) is 0 Å². The van der Waals surface area contributed by atoms with Gasteiger partial charge in [0.15, 0.2) is 0 Å². The van der Waals surface area contributed by atoms with Crippen LogP contribution in [0.25, 0.3) is 11.3 Å². The summed E-state index contributed by atoms with van der Waals surface area (Å²) in [5.41, 5.74) is 4.86. The maximum atomic E-state index is 4.57. The molecule has 0 spiro atoms. The molecule has 0 radical (unpaired) electrons. The Morgan fingerprint density at radius 1 is 1.06 bits per heavy atom. The highest BCUT2D eigenvalue weighted by Gasteiger charge is 2.09. The van der Waals surface area contributed by atoms with Gasteiger partial charge in [-0.2, -0.15) is 0 Å². The standard InChI is InChI=1S/C15H17N/c1-11(2)14-9-12(3)10-16-15(14)13-7-5-4-6-8-13/h4-11H,1-3H3. The average molecular weight is 211 g/mol. The first-order valence-electron chi connectivity index (χ1n) is 5.70. The molecule has 0 fully saturated rings. The minimum atomic E-state index is 0.502. The molecule has 1 nitrogen and oxygen atoms in total. The van der Waals surface area contributed by atoms with Crippen LogP contribution in [-0.4, -0.2) is 4.98 Å². The summed E-state index contributed by atoms with van der Waals surface area (Å²) in [4.78, 5) is 4.57. The highest BCUT2D eigenvalue weighted by Crippen LogP contribution is 2.27. The zero-order chi connectivity index (χ0) is 11.5. The minimum absolute atomic E-state index is 0.502. The lowest BCUT2D eigenvalue weighted by atomic mass is 9.96. The summed E-state index contributed by atoms with van der Waals surface area (Å²) in [6.45, 7) is 6.51. The molecule has 0 atom stereocenters. The van der Waals surface area contributed by atoms with Crippen molar-refractivity contribution >= 4 is 0 Å². The molecule has 0 saturated heterocycles. The molecular formula is C15H17N. The van der Waals surface area contributed by atoms with Gasteiger partial charge in [-0.15, -0.1) is 0 Å². The first-order chi connectivity index (χ1) is 7.68. The zero-order valence-electron chi connectivity index (χ0n) is 10.1. The summed E-state index contributed by atoms with van der Waals surface area (Å²) in [7, 11) is 0. The van der Waals surface area contributed by atoms with Crippen LogP contribution in [0.3, 0.4) is 0 Å². The number of pyridine rings is 1. The van der Waals surface area contributed by atoms with Crippen molar-refractivity contribution in [2.45, 2.75) is 26.7 Å². The summed E-state index contributed by atoms with van der Waals surface area (Å²) < 4.78 is 0. The van der Waals surface area contributed by atoms with Crippen molar-refractivity contribution in [2.75, 3.05) is 0 Å². The molecule has 0 aliphatic heterocycles. The average Bonchev–Trinajstić information content (AvgIpc) is 2.30. The number of aromatic nitrogens is 1. The number of rotatable bonds is 2. The van der Waals surface area contributed by atoms with Gasteiger partial charge in [0.2, 0.25) is 0 Å². The Kier molecular flexibility index (Phi) is 3.04. The maximum absolute atomic E-state index is 4.57. The van der Waals surface area contributed by atoms with Gasteiger partial charge in [0, 0.05) is 11.8 Å². The van der Waals surface area contributed by atoms with Gasteiger partial charge in [-0.1, -0.05) is 50.2 Å². The van der Waals surface area contributed by atoms with Crippen molar-refractivity contribution in [1.29, 1.82) is 0 Å². The third-order valence-electron chi connectivity index (χ3n) is 2.72. The molecule has 1 heteroatoms. The molecular weight excluding hydrogens is 194 g/mol. The van der Waals surface area contributed by atoms with Crippen molar-refractivity contribution in [3.63, 3.8) is 0 Å². The van der Waals surface area contributed by atoms with Gasteiger partial charge in [0.05, 0.1) is 5.69 Å². The molecule has 1 heterocycles. The zero-order valence-corrected chi connectivity index (χ0v) is 10.1. The van der Waals surface area contributed by atoms with Gasteiger partial charge in [-0.05, 0) is 24.0 Å². The van der Waals surface area contributed by atoms with Crippen molar-refractivity contribution in [3.8, 4) is 11.3 Å². The minimum Gasteiger partial charge on any atom is -0.256 e. The molecule has 2 rings (SSSR count). The Bertz CT molecular complexity index is 472.